The van der Waals surface area contributed by atoms with Gasteiger partial charge in [-0.1, -0.05) is 12.1 Å². The number of carbonyl (C=O) groups is 1. The molecule has 2 aromatic carbocycles. The molecule has 1 amide bonds. The van der Waals surface area contributed by atoms with Crippen molar-refractivity contribution in [3.8, 4) is 5.75 Å². The van der Waals surface area contributed by atoms with Crippen LogP contribution in [0.5, 0.6) is 5.75 Å². The van der Waals surface area contributed by atoms with Crippen LogP contribution in [-0.4, -0.2) is 63.8 Å². The van der Waals surface area contributed by atoms with Gasteiger partial charge in [-0.15, -0.1) is 11.8 Å². The van der Waals surface area contributed by atoms with E-state index in [1.807, 2.05) is 0 Å². The number of nitrogens with zero attached hydrogens (tertiary/aromatic N) is 1. The van der Waals surface area contributed by atoms with E-state index in [0.29, 0.717) is 50.1 Å². The smallest absolute Gasteiger partial charge is 0.243 e. The van der Waals surface area contributed by atoms with Gasteiger partial charge in [0.25, 0.3) is 0 Å². The number of ether oxygens (including phenoxy) is 2. The number of hydrogen-bond acceptors (Lipinski definition) is 6. The zero-order valence-electron chi connectivity index (χ0n) is 17.0. The van der Waals surface area contributed by atoms with Crippen LogP contribution in [0, 0.1) is 5.82 Å². The SMILES string of the molecule is O=C(CSCc1ccc(F)cc1)NCCOc1ccc(S(=O)(=O)N2CCOCC2)cc1. The molecule has 7 nitrogen and oxygen atoms in total. The van der Waals surface area contributed by atoms with Crippen molar-refractivity contribution >= 4 is 27.7 Å². The van der Waals surface area contributed by atoms with Crippen molar-refractivity contribution in [3.63, 3.8) is 0 Å². The van der Waals surface area contributed by atoms with Gasteiger partial charge in [0, 0.05) is 18.8 Å². The van der Waals surface area contributed by atoms with E-state index in [4.69, 9.17) is 9.47 Å². The molecular weight excluding hydrogens is 443 g/mol. The number of hydrogen-bond donors (Lipinski definition) is 1. The molecule has 0 radical (unpaired) electrons. The topological polar surface area (TPSA) is 84.9 Å². The van der Waals surface area contributed by atoms with Crippen LogP contribution in [0.25, 0.3) is 0 Å². The highest BCUT2D eigenvalue weighted by Gasteiger charge is 2.26. The Kier molecular flexibility index (Phi) is 8.70. The third kappa shape index (κ3) is 7.20. The lowest BCUT2D eigenvalue weighted by molar-refractivity contribution is -0.118. The van der Waals surface area contributed by atoms with Gasteiger partial charge < -0.3 is 14.8 Å². The summed E-state index contributed by atoms with van der Waals surface area (Å²) in [5, 5.41) is 2.77. The number of thioether (sulfide) groups is 1. The maximum absolute atomic E-state index is 12.9. The van der Waals surface area contributed by atoms with Gasteiger partial charge in [-0.2, -0.15) is 4.31 Å². The fraction of sp³-hybridized carbons (Fsp3) is 0.381. The number of benzene rings is 2. The molecule has 1 heterocycles. The average molecular weight is 469 g/mol. The fourth-order valence-corrected chi connectivity index (χ4v) is 5.12. The van der Waals surface area contributed by atoms with Gasteiger partial charge in [-0.3, -0.25) is 4.79 Å². The van der Waals surface area contributed by atoms with Crippen LogP contribution in [0.15, 0.2) is 53.4 Å². The predicted molar refractivity (Wildman–Crippen MR) is 117 cm³/mol. The Morgan fingerprint density at radius 3 is 2.45 bits per heavy atom. The van der Waals surface area contributed by atoms with Gasteiger partial charge in [0.2, 0.25) is 15.9 Å². The van der Waals surface area contributed by atoms with Crippen molar-refractivity contribution in [2.75, 3.05) is 45.2 Å². The molecule has 0 spiro atoms. The Labute approximate surface area is 186 Å². The highest BCUT2D eigenvalue weighted by atomic mass is 32.2. The minimum atomic E-state index is -3.53. The second-order valence-corrected chi connectivity index (χ2v) is 9.73. The Hall–Kier alpha value is -2.14. The second-order valence-electron chi connectivity index (χ2n) is 6.81. The lowest BCUT2D eigenvalue weighted by Crippen LogP contribution is -2.40. The monoisotopic (exact) mass is 468 g/mol. The van der Waals surface area contributed by atoms with Crippen molar-refractivity contribution < 1.29 is 27.1 Å². The third-order valence-electron chi connectivity index (χ3n) is 4.54. The number of amides is 1. The molecule has 3 rings (SSSR count). The van der Waals surface area contributed by atoms with Crippen molar-refractivity contribution in [3.05, 3.63) is 59.9 Å². The summed E-state index contributed by atoms with van der Waals surface area (Å²) in [6, 6.07) is 12.4. The summed E-state index contributed by atoms with van der Waals surface area (Å²) < 4.78 is 50.2. The zero-order chi connectivity index (χ0) is 22.1. The van der Waals surface area contributed by atoms with Crippen LogP contribution in [0.1, 0.15) is 5.56 Å². The van der Waals surface area contributed by atoms with E-state index >= 15 is 0 Å². The van der Waals surface area contributed by atoms with Crippen molar-refractivity contribution in [1.29, 1.82) is 0 Å². The van der Waals surface area contributed by atoms with E-state index in [2.05, 4.69) is 5.32 Å². The Morgan fingerprint density at radius 2 is 1.77 bits per heavy atom. The molecule has 1 N–H and O–H groups in total. The summed E-state index contributed by atoms with van der Waals surface area (Å²) in [4.78, 5) is 12.1. The van der Waals surface area contributed by atoms with E-state index in [0.717, 1.165) is 5.56 Å². The van der Waals surface area contributed by atoms with Crippen molar-refractivity contribution in [2.45, 2.75) is 10.6 Å². The van der Waals surface area contributed by atoms with Crippen LogP contribution < -0.4 is 10.1 Å². The minimum Gasteiger partial charge on any atom is -0.492 e. The van der Waals surface area contributed by atoms with Gasteiger partial charge in [0.15, 0.2) is 0 Å². The summed E-state index contributed by atoms with van der Waals surface area (Å²) >= 11 is 1.45. The van der Waals surface area contributed by atoms with E-state index in [1.54, 1.807) is 24.3 Å². The predicted octanol–water partition coefficient (Wildman–Crippen LogP) is 2.28. The largest absolute Gasteiger partial charge is 0.492 e. The van der Waals surface area contributed by atoms with Gasteiger partial charge in [-0.25, -0.2) is 12.8 Å². The number of morpholine rings is 1. The normalized spacial score (nSPS) is 14.9. The molecule has 2 aromatic rings. The molecule has 1 saturated heterocycles. The standard InChI is InChI=1S/C21H25FN2O5S2/c22-18-3-1-17(2-4-18)15-30-16-21(25)23-9-12-29-19-5-7-20(8-6-19)31(26,27)24-10-13-28-14-11-24/h1-8H,9-16H2,(H,23,25). The second kappa shape index (κ2) is 11.5. The van der Waals surface area contributed by atoms with Crippen molar-refractivity contribution in [2.24, 2.45) is 0 Å². The molecule has 0 saturated carbocycles. The first-order chi connectivity index (χ1) is 14.9. The van der Waals surface area contributed by atoms with E-state index in [9.17, 15) is 17.6 Å². The fourth-order valence-electron chi connectivity index (χ4n) is 2.90. The third-order valence-corrected chi connectivity index (χ3v) is 7.46. The van der Waals surface area contributed by atoms with Crippen LogP contribution >= 0.6 is 11.8 Å². The minimum absolute atomic E-state index is 0.109. The van der Waals surface area contributed by atoms with Gasteiger partial charge in [-0.05, 0) is 42.0 Å². The van der Waals surface area contributed by atoms with Crippen LogP contribution in [0.3, 0.4) is 0 Å². The highest BCUT2D eigenvalue weighted by molar-refractivity contribution is 7.99. The van der Waals surface area contributed by atoms with Crippen LogP contribution in [0.4, 0.5) is 4.39 Å². The first-order valence-corrected chi connectivity index (χ1v) is 12.4. The van der Waals surface area contributed by atoms with E-state index in [-0.39, 0.29) is 23.2 Å². The molecule has 1 aliphatic rings. The van der Waals surface area contributed by atoms with Gasteiger partial charge in [0.05, 0.1) is 30.4 Å². The zero-order valence-corrected chi connectivity index (χ0v) is 18.6. The molecule has 168 valence electrons. The number of sulfonamides is 1. The number of carbonyl (C=O) groups excluding carboxylic acids is 1. The highest BCUT2D eigenvalue weighted by Crippen LogP contribution is 2.20. The Morgan fingerprint density at radius 1 is 1.10 bits per heavy atom. The summed E-state index contributed by atoms with van der Waals surface area (Å²) in [6.45, 7) is 2.10. The van der Waals surface area contributed by atoms with Gasteiger partial charge >= 0.3 is 0 Å². The van der Waals surface area contributed by atoms with Crippen LogP contribution in [-0.2, 0) is 25.3 Å². The lowest BCUT2D eigenvalue weighted by atomic mass is 10.2. The molecule has 0 bridgehead atoms. The molecule has 0 unspecified atom stereocenters. The molecule has 31 heavy (non-hydrogen) atoms. The molecule has 0 atom stereocenters. The number of halogens is 1. The summed E-state index contributed by atoms with van der Waals surface area (Å²) in [5.74, 6) is 1.07. The molecule has 0 aliphatic carbocycles. The van der Waals surface area contributed by atoms with Crippen molar-refractivity contribution in [1.82, 2.24) is 9.62 Å². The first-order valence-electron chi connectivity index (χ1n) is 9.85. The van der Waals surface area contributed by atoms with E-state index < -0.39 is 10.0 Å². The Balaban J connectivity index is 1.34. The van der Waals surface area contributed by atoms with E-state index in [1.165, 1.54) is 40.3 Å². The summed E-state index contributed by atoms with van der Waals surface area (Å²) in [7, 11) is -3.53. The number of rotatable bonds is 10. The first kappa shape index (κ1) is 23.5. The van der Waals surface area contributed by atoms with Crippen LogP contribution in [0.2, 0.25) is 0 Å². The molecule has 1 fully saturated rings. The summed E-state index contributed by atoms with van der Waals surface area (Å²) in [5.41, 5.74) is 0.960. The molecule has 0 aromatic heterocycles. The lowest BCUT2D eigenvalue weighted by Gasteiger charge is -2.26. The molecule has 10 heteroatoms. The Bertz CT molecular complexity index is 947. The molecule has 1 aliphatic heterocycles. The van der Waals surface area contributed by atoms with Gasteiger partial charge in [0.1, 0.15) is 18.2 Å². The quantitative estimate of drug-likeness (QED) is 0.539. The number of nitrogens with one attached hydrogen (secondary N) is 1. The maximum atomic E-state index is 12.9. The maximum Gasteiger partial charge on any atom is 0.243 e. The summed E-state index contributed by atoms with van der Waals surface area (Å²) in [6.07, 6.45) is 0. The molecular formula is C21H25FN2O5S2. The average Bonchev–Trinajstić information content (AvgIpc) is 2.79.